The van der Waals surface area contributed by atoms with Crippen LogP contribution in [-0.4, -0.2) is 36.2 Å². The highest BCUT2D eigenvalue weighted by Gasteiger charge is 2.16. The van der Waals surface area contributed by atoms with Gasteiger partial charge in [-0.05, 0) is 17.4 Å². The first-order valence-electron chi connectivity index (χ1n) is 5.22. The number of aliphatic carboxylic acids is 1. The molecule has 9 nitrogen and oxygen atoms in total. The van der Waals surface area contributed by atoms with E-state index in [2.05, 4.69) is 15.5 Å². The standard InChI is InChI=1S/C10H9N5O4/c1-6-2-3-7(4-8(6)15(18)19)10-11-12-13-14(10)5-9(16)17/h2-4H,5H2,1H3,(H,16,17). The van der Waals surface area contributed by atoms with Gasteiger partial charge in [0.2, 0.25) is 0 Å². The molecule has 2 aromatic rings. The lowest BCUT2D eigenvalue weighted by Gasteiger charge is -2.03. The predicted molar refractivity (Wildman–Crippen MR) is 62.3 cm³/mol. The Morgan fingerprint density at radius 2 is 2.26 bits per heavy atom. The van der Waals surface area contributed by atoms with Gasteiger partial charge in [-0.15, -0.1) is 5.10 Å². The molecule has 0 saturated carbocycles. The SMILES string of the molecule is Cc1ccc(-c2nnnn2CC(=O)O)cc1[N+](=O)[O-]. The summed E-state index contributed by atoms with van der Waals surface area (Å²) < 4.78 is 1.07. The largest absolute Gasteiger partial charge is 0.480 e. The third kappa shape index (κ3) is 2.54. The highest BCUT2D eigenvalue weighted by molar-refractivity contribution is 5.68. The highest BCUT2D eigenvalue weighted by atomic mass is 16.6. The van der Waals surface area contributed by atoms with E-state index in [1.807, 2.05) is 0 Å². The molecule has 19 heavy (non-hydrogen) atoms. The molecule has 1 heterocycles. The first kappa shape index (κ1) is 12.6. The summed E-state index contributed by atoms with van der Waals surface area (Å²) in [5, 5.41) is 30.2. The van der Waals surface area contributed by atoms with Crippen LogP contribution < -0.4 is 0 Å². The molecule has 0 radical (unpaired) electrons. The third-order valence-electron chi connectivity index (χ3n) is 2.48. The van der Waals surface area contributed by atoms with E-state index in [4.69, 9.17) is 5.11 Å². The molecule has 0 bridgehead atoms. The van der Waals surface area contributed by atoms with Gasteiger partial charge in [0.1, 0.15) is 6.54 Å². The van der Waals surface area contributed by atoms with Crippen molar-refractivity contribution in [3.05, 3.63) is 33.9 Å². The number of aryl methyl sites for hydroxylation is 1. The van der Waals surface area contributed by atoms with Crippen LogP contribution in [0.4, 0.5) is 5.69 Å². The van der Waals surface area contributed by atoms with E-state index in [1.54, 1.807) is 19.1 Å². The van der Waals surface area contributed by atoms with Crippen LogP contribution >= 0.6 is 0 Å². The van der Waals surface area contributed by atoms with Crippen molar-refractivity contribution in [3.8, 4) is 11.4 Å². The van der Waals surface area contributed by atoms with Crippen LogP contribution in [0.5, 0.6) is 0 Å². The Kier molecular flexibility index (Phi) is 3.19. The van der Waals surface area contributed by atoms with E-state index < -0.39 is 17.4 Å². The molecule has 0 spiro atoms. The molecule has 0 atom stereocenters. The van der Waals surface area contributed by atoms with Crippen LogP contribution in [0.15, 0.2) is 18.2 Å². The maximum atomic E-state index is 10.9. The first-order valence-corrected chi connectivity index (χ1v) is 5.22. The zero-order valence-electron chi connectivity index (χ0n) is 9.85. The second-order valence-corrected chi connectivity index (χ2v) is 3.81. The molecule has 1 N–H and O–H groups in total. The van der Waals surface area contributed by atoms with E-state index in [0.717, 1.165) is 4.68 Å². The van der Waals surface area contributed by atoms with Crippen LogP contribution in [0, 0.1) is 17.0 Å². The summed E-state index contributed by atoms with van der Waals surface area (Å²) in [4.78, 5) is 21.0. The quantitative estimate of drug-likeness (QED) is 0.633. The zero-order chi connectivity index (χ0) is 14.0. The molecule has 0 aliphatic heterocycles. The van der Waals surface area contributed by atoms with E-state index in [-0.39, 0.29) is 11.5 Å². The number of nitro groups is 1. The third-order valence-corrected chi connectivity index (χ3v) is 2.48. The lowest BCUT2D eigenvalue weighted by Crippen LogP contribution is -2.11. The van der Waals surface area contributed by atoms with Crippen molar-refractivity contribution in [2.24, 2.45) is 0 Å². The van der Waals surface area contributed by atoms with Gasteiger partial charge in [-0.1, -0.05) is 12.1 Å². The summed E-state index contributed by atoms with van der Waals surface area (Å²) in [7, 11) is 0. The van der Waals surface area contributed by atoms with Gasteiger partial charge in [0.25, 0.3) is 5.69 Å². The minimum absolute atomic E-state index is 0.0672. The number of hydrogen-bond acceptors (Lipinski definition) is 6. The topological polar surface area (TPSA) is 124 Å². The fourth-order valence-corrected chi connectivity index (χ4v) is 1.59. The summed E-state index contributed by atoms with van der Waals surface area (Å²) in [6.07, 6.45) is 0. The van der Waals surface area contributed by atoms with Gasteiger partial charge in [-0.25, -0.2) is 4.68 Å². The number of rotatable bonds is 4. The number of nitrogens with zero attached hydrogens (tertiary/aromatic N) is 5. The van der Waals surface area contributed by atoms with Crippen molar-refractivity contribution in [1.82, 2.24) is 20.2 Å². The lowest BCUT2D eigenvalue weighted by atomic mass is 10.1. The maximum absolute atomic E-state index is 10.9. The predicted octanol–water partition coefficient (Wildman–Crippen LogP) is 0.641. The average Bonchev–Trinajstić information content (AvgIpc) is 2.76. The maximum Gasteiger partial charge on any atom is 0.325 e. The van der Waals surface area contributed by atoms with Crippen LogP contribution in [0.1, 0.15) is 5.56 Å². The zero-order valence-corrected chi connectivity index (χ0v) is 9.85. The van der Waals surface area contributed by atoms with Gasteiger partial charge in [-0.3, -0.25) is 14.9 Å². The molecule has 9 heteroatoms. The van der Waals surface area contributed by atoms with Gasteiger partial charge in [0, 0.05) is 17.2 Å². The number of hydrogen-bond donors (Lipinski definition) is 1. The number of aromatic nitrogens is 4. The number of tetrazole rings is 1. The Hall–Kier alpha value is -2.84. The van der Waals surface area contributed by atoms with E-state index in [1.165, 1.54) is 6.07 Å². The first-order chi connectivity index (χ1) is 8.99. The Labute approximate surface area is 106 Å². The summed E-state index contributed by atoms with van der Waals surface area (Å²) in [6.45, 7) is 1.20. The van der Waals surface area contributed by atoms with Crippen molar-refractivity contribution in [3.63, 3.8) is 0 Å². The lowest BCUT2D eigenvalue weighted by molar-refractivity contribution is -0.385. The number of benzene rings is 1. The monoisotopic (exact) mass is 263 g/mol. The number of carboxylic acids is 1. The Morgan fingerprint density at radius 1 is 1.53 bits per heavy atom. The molecule has 2 rings (SSSR count). The number of nitro benzene ring substituents is 1. The molecular formula is C10H9N5O4. The summed E-state index contributed by atoms with van der Waals surface area (Å²) in [5.41, 5.74) is 0.830. The fourth-order valence-electron chi connectivity index (χ4n) is 1.59. The van der Waals surface area contributed by atoms with Crippen molar-refractivity contribution >= 4 is 11.7 Å². The second kappa shape index (κ2) is 4.80. The Balaban J connectivity index is 2.48. The molecule has 0 aliphatic carbocycles. The van der Waals surface area contributed by atoms with Crippen molar-refractivity contribution in [2.45, 2.75) is 13.5 Å². The molecule has 98 valence electrons. The fraction of sp³-hybridized carbons (Fsp3) is 0.200. The van der Waals surface area contributed by atoms with Crippen LogP contribution in [0.25, 0.3) is 11.4 Å². The van der Waals surface area contributed by atoms with E-state index in [0.29, 0.717) is 11.1 Å². The number of carbonyl (C=O) groups is 1. The molecule has 0 fully saturated rings. The Morgan fingerprint density at radius 3 is 2.89 bits per heavy atom. The minimum atomic E-state index is -1.10. The molecule has 1 aromatic heterocycles. The van der Waals surface area contributed by atoms with Crippen molar-refractivity contribution in [2.75, 3.05) is 0 Å². The summed E-state index contributed by atoms with van der Waals surface area (Å²) in [6, 6.07) is 4.49. The van der Waals surface area contributed by atoms with E-state index in [9.17, 15) is 14.9 Å². The smallest absolute Gasteiger partial charge is 0.325 e. The molecular weight excluding hydrogens is 254 g/mol. The highest BCUT2D eigenvalue weighted by Crippen LogP contribution is 2.25. The van der Waals surface area contributed by atoms with Crippen molar-refractivity contribution in [1.29, 1.82) is 0 Å². The van der Waals surface area contributed by atoms with Crippen molar-refractivity contribution < 1.29 is 14.8 Å². The average molecular weight is 263 g/mol. The minimum Gasteiger partial charge on any atom is -0.480 e. The summed E-state index contributed by atoms with van der Waals surface area (Å²) >= 11 is 0. The van der Waals surface area contributed by atoms with Gasteiger partial charge < -0.3 is 5.11 Å². The van der Waals surface area contributed by atoms with Gasteiger partial charge in [0.05, 0.1) is 4.92 Å². The molecule has 1 aromatic carbocycles. The van der Waals surface area contributed by atoms with Crippen LogP contribution in [0.2, 0.25) is 0 Å². The molecule has 0 aliphatic rings. The Bertz CT molecular complexity index is 651. The van der Waals surface area contributed by atoms with Gasteiger partial charge in [0.15, 0.2) is 5.82 Å². The van der Waals surface area contributed by atoms with Gasteiger partial charge >= 0.3 is 5.97 Å². The second-order valence-electron chi connectivity index (χ2n) is 3.81. The van der Waals surface area contributed by atoms with E-state index >= 15 is 0 Å². The molecule has 0 saturated heterocycles. The molecule has 0 unspecified atom stereocenters. The van der Waals surface area contributed by atoms with Crippen LogP contribution in [-0.2, 0) is 11.3 Å². The normalized spacial score (nSPS) is 10.4. The van der Waals surface area contributed by atoms with Gasteiger partial charge in [-0.2, -0.15) is 0 Å². The van der Waals surface area contributed by atoms with Crippen LogP contribution in [0.3, 0.4) is 0 Å². The number of carboxylic acid groups (broad SMARTS) is 1. The summed E-state index contributed by atoms with van der Waals surface area (Å²) in [5.74, 6) is -0.930. The molecule has 0 amide bonds.